The molecule has 2 heterocycles. The van der Waals surface area contributed by atoms with Crippen LogP contribution in [0.15, 0.2) is 42.5 Å². The smallest absolute Gasteiger partial charge is 0.213 e. The normalized spacial score (nSPS) is 10.9. The minimum absolute atomic E-state index is 0.726. The van der Waals surface area contributed by atoms with E-state index >= 15 is 0 Å². The third-order valence-corrected chi connectivity index (χ3v) is 3.24. The first kappa shape index (κ1) is 12.1. The Hall–Kier alpha value is -2.00. The van der Waals surface area contributed by atoms with E-state index in [2.05, 4.69) is 20.4 Å². The molecule has 0 unspecified atom stereocenters. The fourth-order valence-corrected chi connectivity index (χ4v) is 2.44. The number of hydrogen-bond donors (Lipinski definition) is 1. The van der Waals surface area contributed by atoms with Crippen LogP contribution in [0.1, 0.15) is 13.8 Å². The summed E-state index contributed by atoms with van der Waals surface area (Å²) in [5, 5.41) is 0.726. The van der Waals surface area contributed by atoms with Gasteiger partial charge in [0, 0.05) is 5.02 Å². The predicted octanol–water partition coefficient (Wildman–Crippen LogP) is 4.65. The Bertz CT molecular complexity index is 858. The predicted molar refractivity (Wildman–Crippen MR) is 80.9 cm³/mol. The number of benzene rings is 2. The van der Waals surface area contributed by atoms with Crippen LogP contribution in [0.5, 0.6) is 0 Å². The van der Waals surface area contributed by atoms with E-state index in [1.54, 1.807) is 0 Å². The zero-order valence-electron chi connectivity index (χ0n) is 10.8. The molecule has 1 N–H and O–H groups in total. The van der Waals surface area contributed by atoms with Crippen molar-refractivity contribution in [1.82, 2.24) is 14.4 Å². The lowest BCUT2D eigenvalue weighted by atomic mass is 10.3. The number of imidazole rings is 2. The van der Waals surface area contributed by atoms with Crippen LogP contribution >= 0.6 is 11.6 Å². The number of H-pyrrole nitrogens is 1. The Morgan fingerprint density at radius 2 is 1.84 bits per heavy atom. The Balaban J connectivity index is 0.000000528. The topological polar surface area (TPSA) is 33.1 Å². The molecule has 3 nitrogen and oxygen atoms in total. The summed E-state index contributed by atoms with van der Waals surface area (Å²) in [5.74, 6) is 0.850. The SMILES string of the molecule is CC.Clc1ccc2nc3[nH]c4ccccc4n3c2c1. The number of aromatic nitrogens is 3. The molecule has 0 aliphatic carbocycles. The summed E-state index contributed by atoms with van der Waals surface area (Å²) < 4.78 is 2.09. The van der Waals surface area contributed by atoms with E-state index < -0.39 is 0 Å². The lowest BCUT2D eigenvalue weighted by Gasteiger charge is -1.94. The van der Waals surface area contributed by atoms with Gasteiger partial charge in [-0.15, -0.1) is 0 Å². The standard InChI is InChI=1S/C13H8ClN3.C2H6/c14-8-5-6-10-12(7-8)17-11-4-2-1-3-9(11)15-13(17)16-10;1-2/h1-7H,(H,15,16);1-2H3. The highest BCUT2D eigenvalue weighted by Crippen LogP contribution is 2.24. The first-order chi connectivity index (χ1) is 9.33. The van der Waals surface area contributed by atoms with Crippen molar-refractivity contribution in [3.63, 3.8) is 0 Å². The number of nitrogens with zero attached hydrogens (tertiary/aromatic N) is 2. The van der Waals surface area contributed by atoms with Gasteiger partial charge in [0.2, 0.25) is 5.78 Å². The van der Waals surface area contributed by atoms with E-state index in [0.29, 0.717) is 0 Å². The van der Waals surface area contributed by atoms with Gasteiger partial charge in [0.05, 0.1) is 22.1 Å². The van der Waals surface area contributed by atoms with Crippen molar-refractivity contribution >= 4 is 39.4 Å². The molecule has 4 heteroatoms. The summed E-state index contributed by atoms with van der Waals surface area (Å²) in [6.45, 7) is 4.00. The molecule has 4 rings (SSSR count). The van der Waals surface area contributed by atoms with E-state index in [-0.39, 0.29) is 0 Å². The molecular formula is C15H14ClN3. The summed E-state index contributed by atoms with van der Waals surface area (Å²) in [7, 11) is 0. The van der Waals surface area contributed by atoms with Gasteiger partial charge in [-0.3, -0.25) is 4.40 Å². The van der Waals surface area contributed by atoms with Crippen LogP contribution in [-0.4, -0.2) is 14.4 Å². The zero-order chi connectivity index (χ0) is 13.4. The van der Waals surface area contributed by atoms with Gasteiger partial charge in [-0.25, -0.2) is 4.98 Å². The Labute approximate surface area is 115 Å². The summed E-state index contributed by atoms with van der Waals surface area (Å²) in [5.41, 5.74) is 4.18. The van der Waals surface area contributed by atoms with Crippen molar-refractivity contribution in [3.8, 4) is 0 Å². The average Bonchev–Trinajstić information content (AvgIpc) is 2.96. The second-order valence-corrected chi connectivity index (χ2v) is 4.48. The third-order valence-electron chi connectivity index (χ3n) is 3.01. The highest BCUT2D eigenvalue weighted by molar-refractivity contribution is 6.31. The second-order valence-electron chi connectivity index (χ2n) is 4.05. The lowest BCUT2D eigenvalue weighted by Crippen LogP contribution is -1.79. The van der Waals surface area contributed by atoms with E-state index in [4.69, 9.17) is 11.6 Å². The molecule has 19 heavy (non-hydrogen) atoms. The van der Waals surface area contributed by atoms with Crippen LogP contribution in [0.2, 0.25) is 5.02 Å². The number of nitrogens with one attached hydrogen (secondary N) is 1. The monoisotopic (exact) mass is 271 g/mol. The molecule has 0 radical (unpaired) electrons. The van der Waals surface area contributed by atoms with Gasteiger partial charge in [-0.1, -0.05) is 37.6 Å². The lowest BCUT2D eigenvalue weighted by molar-refractivity contribution is 1.28. The summed E-state index contributed by atoms with van der Waals surface area (Å²) in [6.07, 6.45) is 0. The molecule has 0 saturated heterocycles. The van der Waals surface area contributed by atoms with Crippen LogP contribution in [-0.2, 0) is 0 Å². The van der Waals surface area contributed by atoms with Crippen molar-refractivity contribution in [3.05, 3.63) is 47.5 Å². The first-order valence-corrected chi connectivity index (χ1v) is 6.75. The van der Waals surface area contributed by atoms with Gasteiger partial charge < -0.3 is 4.98 Å². The van der Waals surface area contributed by atoms with Crippen molar-refractivity contribution in [2.45, 2.75) is 13.8 Å². The maximum Gasteiger partial charge on any atom is 0.213 e. The quantitative estimate of drug-likeness (QED) is 0.496. The number of aromatic amines is 1. The highest BCUT2D eigenvalue weighted by Gasteiger charge is 2.09. The third kappa shape index (κ3) is 1.78. The molecule has 0 spiro atoms. The fourth-order valence-electron chi connectivity index (χ4n) is 2.27. The van der Waals surface area contributed by atoms with E-state index in [1.165, 1.54) is 0 Å². The van der Waals surface area contributed by atoms with Crippen LogP contribution in [0, 0.1) is 0 Å². The molecule has 2 aromatic carbocycles. The molecule has 0 saturated carbocycles. The van der Waals surface area contributed by atoms with Gasteiger partial charge in [-0.05, 0) is 30.3 Å². The number of para-hydroxylation sites is 2. The van der Waals surface area contributed by atoms with Gasteiger partial charge in [-0.2, -0.15) is 0 Å². The van der Waals surface area contributed by atoms with Crippen molar-refractivity contribution in [2.24, 2.45) is 0 Å². The van der Waals surface area contributed by atoms with Gasteiger partial charge in [0.1, 0.15) is 0 Å². The molecule has 2 aromatic heterocycles. The van der Waals surface area contributed by atoms with Crippen LogP contribution < -0.4 is 0 Å². The molecule has 0 bridgehead atoms. The number of fused-ring (bicyclic) bond motifs is 5. The van der Waals surface area contributed by atoms with E-state index in [1.807, 2.05) is 50.2 Å². The summed E-state index contributed by atoms with van der Waals surface area (Å²) in [4.78, 5) is 7.84. The molecule has 0 aliphatic rings. The number of hydrogen-bond acceptors (Lipinski definition) is 1. The first-order valence-electron chi connectivity index (χ1n) is 6.37. The molecule has 0 fully saturated rings. The molecule has 0 atom stereocenters. The highest BCUT2D eigenvalue weighted by atomic mass is 35.5. The maximum atomic E-state index is 6.04. The number of halogens is 1. The van der Waals surface area contributed by atoms with E-state index in [0.717, 1.165) is 32.9 Å². The minimum Gasteiger partial charge on any atom is -0.323 e. The second kappa shape index (κ2) is 4.59. The van der Waals surface area contributed by atoms with Gasteiger partial charge >= 0.3 is 0 Å². The Kier molecular flexibility index (Phi) is 2.91. The maximum absolute atomic E-state index is 6.04. The fraction of sp³-hybridized carbons (Fsp3) is 0.133. The minimum atomic E-state index is 0.726. The zero-order valence-corrected chi connectivity index (χ0v) is 11.6. The molecule has 0 amide bonds. The molecular weight excluding hydrogens is 258 g/mol. The van der Waals surface area contributed by atoms with Crippen LogP contribution in [0.4, 0.5) is 0 Å². The molecule has 0 aliphatic heterocycles. The van der Waals surface area contributed by atoms with Gasteiger partial charge in [0.25, 0.3) is 0 Å². The molecule has 4 aromatic rings. The van der Waals surface area contributed by atoms with Crippen molar-refractivity contribution in [1.29, 1.82) is 0 Å². The Morgan fingerprint density at radius 3 is 2.68 bits per heavy atom. The van der Waals surface area contributed by atoms with Gasteiger partial charge in [0.15, 0.2) is 0 Å². The summed E-state index contributed by atoms with van der Waals surface area (Å²) in [6, 6.07) is 13.9. The largest absolute Gasteiger partial charge is 0.323 e. The van der Waals surface area contributed by atoms with Crippen LogP contribution in [0.25, 0.3) is 27.8 Å². The van der Waals surface area contributed by atoms with Crippen molar-refractivity contribution in [2.75, 3.05) is 0 Å². The average molecular weight is 272 g/mol. The Morgan fingerprint density at radius 1 is 1.05 bits per heavy atom. The number of rotatable bonds is 0. The molecule has 96 valence electrons. The van der Waals surface area contributed by atoms with Crippen molar-refractivity contribution < 1.29 is 0 Å². The van der Waals surface area contributed by atoms with Crippen LogP contribution in [0.3, 0.4) is 0 Å². The summed E-state index contributed by atoms with van der Waals surface area (Å²) >= 11 is 6.04. The van der Waals surface area contributed by atoms with E-state index in [9.17, 15) is 0 Å².